The van der Waals surface area contributed by atoms with Gasteiger partial charge in [-0.15, -0.1) is 11.8 Å². The van der Waals surface area contributed by atoms with E-state index in [0.717, 1.165) is 12.8 Å². The average molecular weight is 416 g/mol. The third-order valence-electron chi connectivity index (χ3n) is 4.34. The van der Waals surface area contributed by atoms with Crippen molar-refractivity contribution in [1.82, 2.24) is 5.32 Å². The Morgan fingerprint density at radius 3 is 2.04 bits per heavy atom. The minimum Gasteiger partial charge on any atom is -0.480 e. The van der Waals surface area contributed by atoms with Gasteiger partial charge in [-0.2, -0.15) is 0 Å². The lowest BCUT2D eigenvalue weighted by Crippen LogP contribution is -2.29. The van der Waals surface area contributed by atoms with Gasteiger partial charge >= 0.3 is 11.9 Å². The van der Waals surface area contributed by atoms with Gasteiger partial charge in [-0.1, -0.05) is 76.9 Å². The Kier molecular flexibility index (Phi) is 17.8. The Morgan fingerprint density at radius 1 is 0.929 bits per heavy atom. The molecule has 0 aromatic rings. The van der Waals surface area contributed by atoms with E-state index in [1.165, 1.54) is 69.5 Å². The van der Waals surface area contributed by atoms with Crippen LogP contribution in [0.1, 0.15) is 84.0 Å². The van der Waals surface area contributed by atoms with Crippen molar-refractivity contribution in [2.45, 2.75) is 89.2 Å². The van der Waals surface area contributed by atoms with E-state index in [9.17, 15) is 19.5 Å². The fourth-order valence-corrected chi connectivity index (χ4v) is 3.64. The maximum absolute atomic E-state index is 11.4. The van der Waals surface area contributed by atoms with Crippen LogP contribution < -0.4 is 5.32 Å². The van der Waals surface area contributed by atoms with Crippen molar-refractivity contribution in [2.24, 2.45) is 0 Å². The highest BCUT2D eigenvalue weighted by molar-refractivity contribution is 8.00. The summed E-state index contributed by atoms with van der Waals surface area (Å²) in [6, 6.07) is 0. The summed E-state index contributed by atoms with van der Waals surface area (Å²) in [6.45, 7) is 1.82. The number of carboxylic acids is 2. The Labute approximate surface area is 173 Å². The van der Waals surface area contributed by atoms with Gasteiger partial charge in [0.05, 0.1) is 0 Å². The zero-order valence-electron chi connectivity index (χ0n) is 17.2. The minimum absolute atomic E-state index is 0.105. The van der Waals surface area contributed by atoms with Crippen LogP contribution in [0, 0.1) is 0 Å². The van der Waals surface area contributed by atoms with Gasteiger partial charge in [-0.3, -0.25) is 14.4 Å². The van der Waals surface area contributed by atoms with Gasteiger partial charge in [0.15, 0.2) is 0 Å². The summed E-state index contributed by atoms with van der Waals surface area (Å²) in [6.07, 6.45) is 17.4. The molecule has 0 spiro atoms. The lowest BCUT2D eigenvalue weighted by molar-refractivity contribution is -0.138. The second-order valence-corrected chi connectivity index (χ2v) is 8.20. The van der Waals surface area contributed by atoms with Gasteiger partial charge in [0.2, 0.25) is 5.91 Å². The lowest BCUT2D eigenvalue weighted by atomic mass is 10.1. The second kappa shape index (κ2) is 18.8. The molecule has 0 aliphatic rings. The maximum atomic E-state index is 11.4. The highest BCUT2D eigenvalue weighted by Crippen LogP contribution is 2.16. The van der Waals surface area contributed by atoms with E-state index in [1.54, 1.807) is 6.08 Å². The van der Waals surface area contributed by atoms with E-state index >= 15 is 0 Å². The quantitative estimate of drug-likeness (QED) is 0.210. The zero-order chi connectivity index (χ0) is 21.0. The molecule has 6 nitrogen and oxygen atoms in total. The first-order valence-corrected chi connectivity index (χ1v) is 11.5. The van der Waals surface area contributed by atoms with Crippen molar-refractivity contribution in [1.29, 1.82) is 0 Å². The number of rotatable bonds is 19. The predicted molar refractivity (Wildman–Crippen MR) is 115 cm³/mol. The summed E-state index contributed by atoms with van der Waals surface area (Å²) >= 11 is 1.18. The van der Waals surface area contributed by atoms with E-state index in [4.69, 9.17) is 5.11 Å². The first-order valence-electron chi connectivity index (χ1n) is 10.5. The van der Waals surface area contributed by atoms with Gasteiger partial charge in [0, 0.05) is 12.2 Å². The number of carbonyl (C=O) groups is 3. The SMILES string of the molecule is CCCCCCCCCCCCC=CC(SCCC(=O)NCC(=O)O)C(=O)O. The molecule has 0 aromatic heterocycles. The number of hydrogen-bond donors (Lipinski definition) is 3. The Morgan fingerprint density at radius 2 is 1.50 bits per heavy atom. The average Bonchev–Trinajstić information content (AvgIpc) is 2.65. The Hall–Kier alpha value is -1.50. The molecule has 28 heavy (non-hydrogen) atoms. The van der Waals surface area contributed by atoms with Crippen LogP contribution >= 0.6 is 11.8 Å². The molecule has 3 N–H and O–H groups in total. The smallest absolute Gasteiger partial charge is 0.322 e. The van der Waals surface area contributed by atoms with E-state index < -0.39 is 23.7 Å². The molecular formula is C21H37NO5S. The van der Waals surface area contributed by atoms with Crippen LogP contribution in [0.25, 0.3) is 0 Å². The first kappa shape index (κ1) is 26.5. The third kappa shape index (κ3) is 17.9. The van der Waals surface area contributed by atoms with E-state index in [2.05, 4.69) is 12.2 Å². The first-order chi connectivity index (χ1) is 13.5. The van der Waals surface area contributed by atoms with Crippen molar-refractivity contribution in [2.75, 3.05) is 12.3 Å². The summed E-state index contributed by atoms with van der Waals surface area (Å²) in [4.78, 5) is 33.1. The van der Waals surface area contributed by atoms with E-state index in [0.29, 0.717) is 5.75 Å². The fraction of sp³-hybridized carbons (Fsp3) is 0.762. The summed E-state index contributed by atoms with van der Waals surface area (Å²) in [5, 5.41) is 19.3. The lowest BCUT2D eigenvalue weighted by Gasteiger charge is -2.07. The molecule has 1 atom stereocenters. The molecular weight excluding hydrogens is 378 g/mol. The summed E-state index contributed by atoms with van der Waals surface area (Å²) in [5.41, 5.74) is 0. The molecule has 0 aliphatic carbocycles. The molecule has 162 valence electrons. The number of carboxylic acid groups (broad SMARTS) is 2. The molecule has 0 saturated carbocycles. The molecule has 0 bridgehead atoms. The van der Waals surface area contributed by atoms with Crippen molar-refractivity contribution < 1.29 is 24.6 Å². The number of allylic oxidation sites excluding steroid dienone is 1. The second-order valence-electron chi connectivity index (χ2n) is 6.95. The predicted octanol–water partition coefficient (Wildman–Crippen LogP) is 4.63. The number of aliphatic carboxylic acids is 2. The van der Waals surface area contributed by atoms with Gasteiger partial charge in [0.1, 0.15) is 11.8 Å². The normalized spacial score (nSPS) is 12.2. The standard InChI is InChI=1S/C21H37NO5S/c1-2-3-4-5-6-7-8-9-10-11-12-13-14-18(21(26)27)28-16-15-19(23)22-17-20(24)25/h13-14,18H,2-12,15-17H2,1H3,(H,22,23)(H,24,25)(H,26,27). The van der Waals surface area contributed by atoms with Crippen LogP contribution in [0.4, 0.5) is 0 Å². The number of nitrogens with one attached hydrogen (secondary N) is 1. The zero-order valence-corrected chi connectivity index (χ0v) is 18.0. The molecule has 0 radical (unpaired) electrons. The molecule has 0 heterocycles. The molecule has 7 heteroatoms. The number of carbonyl (C=O) groups excluding carboxylic acids is 1. The van der Waals surface area contributed by atoms with Crippen LogP contribution in [-0.2, 0) is 14.4 Å². The van der Waals surface area contributed by atoms with Crippen molar-refractivity contribution >= 4 is 29.6 Å². The summed E-state index contributed by atoms with van der Waals surface area (Å²) < 4.78 is 0. The van der Waals surface area contributed by atoms with Crippen LogP contribution in [-0.4, -0.2) is 45.6 Å². The summed E-state index contributed by atoms with van der Waals surface area (Å²) in [7, 11) is 0. The van der Waals surface area contributed by atoms with Crippen molar-refractivity contribution in [3.8, 4) is 0 Å². The molecule has 1 amide bonds. The molecule has 0 fully saturated rings. The van der Waals surface area contributed by atoms with Crippen LogP contribution in [0.3, 0.4) is 0 Å². The number of hydrogen-bond acceptors (Lipinski definition) is 4. The van der Waals surface area contributed by atoms with Gasteiger partial charge in [0.25, 0.3) is 0 Å². The Bertz CT molecular complexity index is 468. The number of amides is 1. The number of thioether (sulfide) groups is 1. The van der Waals surface area contributed by atoms with E-state index in [1.807, 2.05) is 6.08 Å². The summed E-state index contributed by atoms with van der Waals surface area (Å²) in [5.74, 6) is -2.06. The minimum atomic E-state index is -1.10. The molecule has 0 rings (SSSR count). The highest BCUT2D eigenvalue weighted by Gasteiger charge is 2.14. The van der Waals surface area contributed by atoms with Crippen molar-refractivity contribution in [3.63, 3.8) is 0 Å². The molecule has 0 aromatic carbocycles. The maximum Gasteiger partial charge on any atom is 0.322 e. The van der Waals surface area contributed by atoms with Gasteiger partial charge < -0.3 is 15.5 Å². The van der Waals surface area contributed by atoms with Crippen molar-refractivity contribution in [3.05, 3.63) is 12.2 Å². The molecule has 1 unspecified atom stereocenters. The molecule has 0 saturated heterocycles. The number of unbranched alkanes of at least 4 members (excludes halogenated alkanes) is 10. The topological polar surface area (TPSA) is 104 Å². The van der Waals surface area contributed by atoms with Gasteiger partial charge in [-0.05, 0) is 12.8 Å². The van der Waals surface area contributed by atoms with E-state index in [-0.39, 0.29) is 12.3 Å². The third-order valence-corrected chi connectivity index (χ3v) is 5.50. The van der Waals surface area contributed by atoms with Gasteiger partial charge in [-0.25, -0.2) is 0 Å². The monoisotopic (exact) mass is 415 g/mol. The van der Waals surface area contributed by atoms with Crippen LogP contribution in [0.2, 0.25) is 0 Å². The Balaban J connectivity index is 3.73. The largest absolute Gasteiger partial charge is 0.480 e. The fourth-order valence-electron chi connectivity index (χ4n) is 2.72. The molecule has 0 aliphatic heterocycles. The highest BCUT2D eigenvalue weighted by atomic mass is 32.2. The van der Waals surface area contributed by atoms with Crippen LogP contribution in [0.5, 0.6) is 0 Å². The van der Waals surface area contributed by atoms with Crippen LogP contribution in [0.15, 0.2) is 12.2 Å².